The van der Waals surface area contributed by atoms with Gasteiger partial charge in [0.1, 0.15) is 0 Å². The van der Waals surface area contributed by atoms with Gasteiger partial charge in [0.05, 0.1) is 27.2 Å². The Kier molecular flexibility index (Phi) is 5.60. The first-order valence-corrected chi connectivity index (χ1v) is 9.21. The van der Waals surface area contributed by atoms with Crippen molar-refractivity contribution < 1.29 is 22.8 Å². The van der Waals surface area contributed by atoms with Gasteiger partial charge in [-0.25, -0.2) is 0 Å². The lowest BCUT2D eigenvalue weighted by Crippen LogP contribution is -2.32. The Labute approximate surface area is 166 Å². The highest BCUT2D eigenvalue weighted by Crippen LogP contribution is 2.40. The molecule has 3 rings (SSSR count). The van der Waals surface area contributed by atoms with E-state index < -0.39 is 28.8 Å². The number of hydrogen-bond donors (Lipinski definition) is 2. The van der Waals surface area contributed by atoms with E-state index >= 15 is 0 Å². The molecule has 0 saturated carbocycles. The van der Waals surface area contributed by atoms with E-state index in [4.69, 9.17) is 23.2 Å². The number of carbonyl (C=O) groups is 2. The second-order valence-electron chi connectivity index (χ2n) is 5.68. The summed E-state index contributed by atoms with van der Waals surface area (Å²) in [6, 6.07) is 7.66. The SMILES string of the molecule is O=C(CC1Sc2ccc(C(F)(F)F)cc2NC1=O)Nc1cc(Cl)ccc1Cl. The molecule has 1 unspecified atom stereocenters. The van der Waals surface area contributed by atoms with Crippen molar-refractivity contribution in [3.63, 3.8) is 0 Å². The van der Waals surface area contributed by atoms with Crippen molar-refractivity contribution in [2.24, 2.45) is 0 Å². The maximum absolute atomic E-state index is 12.8. The monoisotopic (exact) mass is 434 g/mol. The zero-order chi connectivity index (χ0) is 19.8. The van der Waals surface area contributed by atoms with Crippen LogP contribution in [0.5, 0.6) is 0 Å². The standard InChI is InChI=1S/C17H11Cl2F3N2O2S/c18-9-2-3-10(19)11(6-9)23-15(25)7-14-16(26)24-12-5-8(17(20,21)22)1-4-13(12)27-14/h1-6,14H,7H2,(H,23,25)(H,24,26). The van der Waals surface area contributed by atoms with Crippen molar-refractivity contribution >= 4 is 58.2 Å². The van der Waals surface area contributed by atoms with E-state index in [-0.39, 0.29) is 12.1 Å². The number of hydrogen-bond acceptors (Lipinski definition) is 3. The number of anilines is 2. The molecule has 1 heterocycles. The molecule has 2 aromatic rings. The van der Waals surface area contributed by atoms with Crippen LogP contribution in [-0.2, 0) is 15.8 Å². The predicted molar refractivity (Wildman–Crippen MR) is 99.4 cm³/mol. The molecule has 0 aliphatic carbocycles. The molecule has 0 saturated heterocycles. The van der Waals surface area contributed by atoms with Crippen LogP contribution in [0, 0.1) is 0 Å². The fourth-order valence-electron chi connectivity index (χ4n) is 2.42. The molecule has 1 aliphatic rings. The molecule has 0 spiro atoms. The molecule has 10 heteroatoms. The minimum absolute atomic E-state index is 0.0781. The predicted octanol–water partition coefficient (Wildman–Crippen LogP) is 5.45. The van der Waals surface area contributed by atoms with Gasteiger partial charge in [0.25, 0.3) is 0 Å². The third-order valence-corrected chi connectivity index (χ3v) is 5.54. The Morgan fingerprint density at radius 2 is 1.93 bits per heavy atom. The van der Waals surface area contributed by atoms with Crippen LogP contribution in [-0.4, -0.2) is 17.1 Å². The molecule has 0 radical (unpaired) electrons. The maximum atomic E-state index is 12.8. The zero-order valence-corrected chi connectivity index (χ0v) is 15.7. The average Bonchev–Trinajstić information content (AvgIpc) is 2.57. The van der Waals surface area contributed by atoms with Crippen LogP contribution in [0.15, 0.2) is 41.3 Å². The van der Waals surface area contributed by atoms with Gasteiger partial charge in [-0.1, -0.05) is 23.2 Å². The molecule has 0 aromatic heterocycles. The number of nitrogens with one attached hydrogen (secondary N) is 2. The lowest BCUT2D eigenvalue weighted by atomic mass is 10.1. The number of halogens is 5. The third-order valence-electron chi connectivity index (χ3n) is 3.70. The fraction of sp³-hybridized carbons (Fsp3) is 0.176. The number of rotatable bonds is 3. The Hall–Kier alpha value is -1.90. The van der Waals surface area contributed by atoms with E-state index in [1.54, 1.807) is 6.07 Å². The minimum atomic E-state index is -4.50. The van der Waals surface area contributed by atoms with Crippen molar-refractivity contribution in [1.29, 1.82) is 0 Å². The number of carbonyl (C=O) groups excluding carboxylic acids is 2. The number of amides is 2. The fourth-order valence-corrected chi connectivity index (χ4v) is 3.85. The molecular weight excluding hydrogens is 424 g/mol. The lowest BCUT2D eigenvalue weighted by molar-refractivity contribution is -0.137. The second-order valence-corrected chi connectivity index (χ2v) is 7.77. The van der Waals surface area contributed by atoms with Gasteiger partial charge >= 0.3 is 6.18 Å². The van der Waals surface area contributed by atoms with Crippen molar-refractivity contribution in [1.82, 2.24) is 0 Å². The summed E-state index contributed by atoms with van der Waals surface area (Å²) in [4.78, 5) is 24.9. The van der Waals surface area contributed by atoms with Gasteiger partial charge in [0, 0.05) is 16.3 Å². The van der Waals surface area contributed by atoms with Gasteiger partial charge in [-0.3, -0.25) is 9.59 Å². The molecule has 2 N–H and O–H groups in total. The highest BCUT2D eigenvalue weighted by atomic mass is 35.5. The summed E-state index contributed by atoms with van der Waals surface area (Å²) in [6.07, 6.45) is -4.68. The first kappa shape index (κ1) is 19.9. The van der Waals surface area contributed by atoms with Crippen LogP contribution in [0.25, 0.3) is 0 Å². The van der Waals surface area contributed by atoms with Crippen LogP contribution in [0.1, 0.15) is 12.0 Å². The molecule has 1 atom stereocenters. The van der Waals surface area contributed by atoms with E-state index in [0.29, 0.717) is 20.6 Å². The van der Waals surface area contributed by atoms with Crippen LogP contribution < -0.4 is 10.6 Å². The van der Waals surface area contributed by atoms with E-state index in [1.807, 2.05) is 0 Å². The summed E-state index contributed by atoms with van der Waals surface area (Å²) in [6.45, 7) is 0. The topological polar surface area (TPSA) is 58.2 Å². The highest BCUT2D eigenvalue weighted by Gasteiger charge is 2.34. The summed E-state index contributed by atoms with van der Waals surface area (Å²) in [5.74, 6) is -1.01. The summed E-state index contributed by atoms with van der Waals surface area (Å²) in [7, 11) is 0. The van der Waals surface area contributed by atoms with Crippen LogP contribution in [0.3, 0.4) is 0 Å². The largest absolute Gasteiger partial charge is 0.416 e. The van der Waals surface area contributed by atoms with E-state index in [2.05, 4.69) is 10.6 Å². The summed E-state index contributed by atoms with van der Waals surface area (Å²) < 4.78 is 38.3. The van der Waals surface area contributed by atoms with E-state index in [0.717, 1.165) is 23.9 Å². The number of fused-ring (bicyclic) bond motifs is 1. The van der Waals surface area contributed by atoms with Gasteiger partial charge in [-0.15, -0.1) is 11.8 Å². The number of thioether (sulfide) groups is 1. The normalized spacial score (nSPS) is 16.5. The third kappa shape index (κ3) is 4.69. The van der Waals surface area contributed by atoms with Gasteiger partial charge in [0.2, 0.25) is 11.8 Å². The van der Waals surface area contributed by atoms with Gasteiger partial charge in [-0.05, 0) is 36.4 Å². The van der Waals surface area contributed by atoms with E-state index in [1.165, 1.54) is 18.2 Å². The van der Waals surface area contributed by atoms with E-state index in [9.17, 15) is 22.8 Å². The molecule has 2 amide bonds. The Morgan fingerprint density at radius 3 is 2.63 bits per heavy atom. The van der Waals surface area contributed by atoms with Crippen molar-refractivity contribution in [2.45, 2.75) is 22.7 Å². The first-order valence-electron chi connectivity index (χ1n) is 7.57. The Bertz CT molecular complexity index is 922. The van der Waals surface area contributed by atoms with Gasteiger partial charge in [-0.2, -0.15) is 13.2 Å². The molecule has 0 fully saturated rings. The lowest BCUT2D eigenvalue weighted by Gasteiger charge is -2.24. The molecule has 0 bridgehead atoms. The molecule has 4 nitrogen and oxygen atoms in total. The van der Waals surface area contributed by atoms with Gasteiger partial charge < -0.3 is 10.6 Å². The van der Waals surface area contributed by atoms with Crippen molar-refractivity contribution in [3.8, 4) is 0 Å². The zero-order valence-electron chi connectivity index (χ0n) is 13.4. The van der Waals surface area contributed by atoms with Crippen molar-refractivity contribution in [2.75, 3.05) is 10.6 Å². The van der Waals surface area contributed by atoms with Crippen LogP contribution in [0.4, 0.5) is 24.5 Å². The quantitative estimate of drug-likeness (QED) is 0.674. The van der Waals surface area contributed by atoms with Crippen molar-refractivity contribution in [3.05, 3.63) is 52.0 Å². The molecule has 142 valence electrons. The molecule has 27 heavy (non-hydrogen) atoms. The van der Waals surface area contributed by atoms with Crippen LogP contribution in [0.2, 0.25) is 10.0 Å². The average molecular weight is 435 g/mol. The Morgan fingerprint density at radius 1 is 1.19 bits per heavy atom. The Balaban J connectivity index is 1.71. The summed E-state index contributed by atoms with van der Waals surface area (Å²) in [5.41, 5.74) is -0.464. The smallest absolute Gasteiger partial charge is 0.325 e. The maximum Gasteiger partial charge on any atom is 0.416 e. The summed E-state index contributed by atoms with van der Waals surface area (Å²) in [5, 5.41) is 4.89. The second kappa shape index (κ2) is 7.61. The van der Waals surface area contributed by atoms with Gasteiger partial charge in [0.15, 0.2) is 0 Å². The minimum Gasteiger partial charge on any atom is -0.325 e. The number of alkyl halides is 3. The van der Waals surface area contributed by atoms with Crippen LogP contribution >= 0.6 is 35.0 Å². The molecule has 1 aliphatic heterocycles. The highest BCUT2D eigenvalue weighted by molar-refractivity contribution is 8.01. The summed E-state index contributed by atoms with van der Waals surface area (Å²) >= 11 is 12.9. The molecular formula is C17H11Cl2F3N2O2S. The number of benzene rings is 2. The molecule has 2 aromatic carbocycles. The first-order chi connectivity index (χ1) is 12.6.